The zero-order chi connectivity index (χ0) is 18.4. The molecule has 1 fully saturated rings. The predicted molar refractivity (Wildman–Crippen MR) is 97.0 cm³/mol. The van der Waals surface area contributed by atoms with E-state index in [4.69, 9.17) is 0 Å². The molecule has 7 heteroatoms. The van der Waals surface area contributed by atoms with Gasteiger partial charge in [0.1, 0.15) is 0 Å². The average molecular weight is 349 g/mol. The van der Waals surface area contributed by atoms with Gasteiger partial charge in [-0.25, -0.2) is 0 Å². The molecule has 1 aliphatic rings. The molecule has 7 nitrogen and oxygen atoms in total. The Labute approximate surface area is 150 Å². The molecule has 0 bridgehead atoms. The lowest BCUT2D eigenvalue weighted by atomic mass is 10.1. The van der Waals surface area contributed by atoms with Crippen molar-refractivity contribution in [1.29, 1.82) is 0 Å². The molecular formula is C18H31N5O2. The van der Waals surface area contributed by atoms with Gasteiger partial charge in [-0.2, -0.15) is 5.10 Å². The number of unbranched alkanes of at least 4 members (excludes halogenated alkanes) is 1. The van der Waals surface area contributed by atoms with Gasteiger partial charge in [-0.05, 0) is 13.3 Å². The number of nitrogens with one attached hydrogen (secondary N) is 1. The molecule has 1 saturated heterocycles. The van der Waals surface area contributed by atoms with Crippen LogP contribution in [0.25, 0.3) is 0 Å². The molecule has 1 aromatic heterocycles. The molecular weight excluding hydrogens is 318 g/mol. The highest BCUT2D eigenvalue weighted by Crippen LogP contribution is 2.16. The molecule has 0 saturated carbocycles. The monoisotopic (exact) mass is 349 g/mol. The van der Waals surface area contributed by atoms with Crippen LogP contribution in [0.3, 0.4) is 0 Å². The Bertz CT molecular complexity index is 598. The van der Waals surface area contributed by atoms with Crippen LogP contribution in [0.4, 0.5) is 0 Å². The van der Waals surface area contributed by atoms with Gasteiger partial charge >= 0.3 is 0 Å². The summed E-state index contributed by atoms with van der Waals surface area (Å²) in [6.45, 7) is 10.1. The lowest BCUT2D eigenvalue weighted by Gasteiger charge is -2.22. The Morgan fingerprint density at radius 3 is 2.72 bits per heavy atom. The molecule has 2 rings (SSSR count). The Hall–Kier alpha value is -1.89. The summed E-state index contributed by atoms with van der Waals surface area (Å²) >= 11 is 0. The van der Waals surface area contributed by atoms with Crippen LogP contribution in [-0.2, 0) is 22.7 Å². The van der Waals surface area contributed by atoms with Crippen molar-refractivity contribution >= 4 is 11.8 Å². The van der Waals surface area contributed by atoms with Gasteiger partial charge in [-0.15, -0.1) is 0 Å². The van der Waals surface area contributed by atoms with Crippen molar-refractivity contribution in [2.24, 2.45) is 5.92 Å². The van der Waals surface area contributed by atoms with Gasteiger partial charge in [0.05, 0.1) is 11.6 Å². The third-order valence-electron chi connectivity index (χ3n) is 4.85. The molecule has 0 aromatic carbocycles. The van der Waals surface area contributed by atoms with Crippen LogP contribution >= 0.6 is 0 Å². The minimum absolute atomic E-state index is 0.00601. The second-order valence-electron chi connectivity index (χ2n) is 6.87. The smallest absolute Gasteiger partial charge is 0.225 e. The topological polar surface area (TPSA) is 70.5 Å². The molecule has 1 atom stereocenters. The number of amides is 2. The maximum absolute atomic E-state index is 12.2. The summed E-state index contributed by atoms with van der Waals surface area (Å²) in [7, 11) is 1.65. The fraction of sp³-hybridized carbons (Fsp3) is 0.722. The van der Waals surface area contributed by atoms with E-state index in [2.05, 4.69) is 28.4 Å². The summed E-state index contributed by atoms with van der Waals surface area (Å²) in [5, 5.41) is 7.32. The summed E-state index contributed by atoms with van der Waals surface area (Å²) in [6, 6.07) is 0. The molecule has 0 aliphatic carbocycles. The van der Waals surface area contributed by atoms with E-state index in [1.807, 2.05) is 11.6 Å². The molecule has 2 amide bonds. The van der Waals surface area contributed by atoms with Crippen molar-refractivity contribution in [3.8, 4) is 0 Å². The maximum Gasteiger partial charge on any atom is 0.225 e. The first-order chi connectivity index (χ1) is 11.9. The van der Waals surface area contributed by atoms with Gasteiger partial charge in [-0.3, -0.25) is 19.2 Å². The second-order valence-corrected chi connectivity index (χ2v) is 6.87. The van der Waals surface area contributed by atoms with Crippen LogP contribution < -0.4 is 5.32 Å². The summed E-state index contributed by atoms with van der Waals surface area (Å²) < 4.78 is 2.02. The van der Waals surface area contributed by atoms with E-state index >= 15 is 0 Å². The second kappa shape index (κ2) is 8.99. The van der Waals surface area contributed by atoms with E-state index in [0.29, 0.717) is 19.6 Å². The van der Waals surface area contributed by atoms with E-state index in [0.717, 1.165) is 38.2 Å². The fourth-order valence-corrected chi connectivity index (χ4v) is 3.27. The normalized spacial score (nSPS) is 18.9. The Morgan fingerprint density at radius 2 is 2.08 bits per heavy atom. The molecule has 1 aliphatic heterocycles. The first-order valence-corrected chi connectivity index (χ1v) is 9.17. The van der Waals surface area contributed by atoms with Gasteiger partial charge in [-0.1, -0.05) is 13.3 Å². The first kappa shape index (κ1) is 19.4. The Kier molecular flexibility index (Phi) is 6.99. The van der Waals surface area contributed by atoms with E-state index in [1.54, 1.807) is 18.9 Å². The van der Waals surface area contributed by atoms with Crippen LogP contribution in [0.2, 0.25) is 0 Å². The van der Waals surface area contributed by atoms with E-state index in [1.165, 1.54) is 5.56 Å². The molecule has 1 N–H and O–H groups in total. The summed E-state index contributed by atoms with van der Waals surface area (Å²) in [5.41, 5.74) is 2.24. The highest BCUT2D eigenvalue weighted by molar-refractivity contribution is 5.80. The zero-order valence-electron chi connectivity index (χ0n) is 15.9. The van der Waals surface area contributed by atoms with Gasteiger partial charge in [0, 0.05) is 65.0 Å². The molecule has 140 valence electrons. The molecule has 0 radical (unpaired) electrons. The fourth-order valence-electron chi connectivity index (χ4n) is 3.27. The minimum atomic E-state index is -0.202. The number of aryl methyl sites for hydroxylation is 2. The third-order valence-corrected chi connectivity index (χ3v) is 4.85. The SMILES string of the molecule is CCCCn1cc(CN2CCN(C(C)=O)C[C@@H](C(=O)NC)C2)c(C)n1. The van der Waals surface area contributed by atoms with Crippen LogP contribution in [0.1, 0.15) is 37.9 Å². The lowest BCUT2D eigenvalue weighted by molar-refractivity contribution is -0.130. The van der Waals surface area contributed by atoms with Gasteiger partial charge < -0.3 is 10.2 Å². The highest BCUT2D eigenvalue weighted by atomic mass is 16.2. The molecule has 0 unspecified atom stereocenters. The number of carbonyl (C=O) groups excluding carboxylic acids is 2. The van der Waals surface area contributed by atoms with E-state index in [-0.39, 0.29) is 17.7 Å². The number of nitrogens with zero attached hydrogens (tertiary/aromatic N) is 4. The standard InChI is InChI=1S/C18H31N5O2/c1-5-6-7-23-13-16(14(2)20-23)10-21-8-9-22(15(3)24)12-17(11-21)18(25)19-4/h13,17H,5-12H2,1-4H3,(H,19,25)/t17-/m0/s1. The third kappa shape index (κ3) is 5.29. The summed E-state index contributed by atoms with van der Waals surface area (Å²) in [5.74, 6) is -0.181. The van der Waals surface area contributed by atoms with Gasteiger partial charge in [0.15, 0.2) is 0 Å². The number of hydrogen-bond acceptors (Lipinski definition) is 4. The number of rotatable bonds is 6. The highest BCUT2D eigenvalue weighted by Gasteiger charge is 2.28. The van der Waals surface area contributed by atoms with Crippen molar-refractivity contribution in [1.82, 2.24) is 24.9 Å². The molecule has 1 aromatic rings. The van der Waals surface area contributed by atoms with E-state index in [9.17, 15) is 9.59 Å². The molecule has 0 spiro atoms. The van der Waals surface area contributed by atoms with Gasteiger partial charge in [0.2, 0.25) is 11.8 Å². The molecule has 25 heavy (non-hydrogen) atoms. The Balaban J connectivity index is 2.08. The number of carbonyl (C=O) groups is 2. The predicted octanol–water partition coefficient (Wildman–Crippen LogP) is 1.02. The number of hydrogen-bond donors (Lipinski definition) is 1. The van der Waals surface area contributed by atoms with Crippen molar-refractivity contribution in [3.05, 3.63) is 17.5 Å². The number of aromatic nitrogens is 2. The summed E-state index contributed by atoms with van der Waals surface area (Å²) in [6.07, 6.45) is 4.39. The summed E-state index contributed by atoms with van der Waals surface area (Å²) in [4.78, 5) is 28.0. The molecule has 2 heterocycles. The first-order valence-electron chi connectivity index (χ1n) is 9.17. The van der Waals surface area contributed by atoms with Crippen LogP contribution in [0, 0.1) is 12.8 Å². The average Bonchev–Trinajstić information content (AvgIpc) is 2.80. The van der Waals surface area contributed by atoms with Crippen molar-refractivity contribution < 1.29 is 9.59 Å². The van der Waals surface area contributed by atoms with E-state index < -0.39 is 0 Å². The lowest BCUT2D eigenvalue weighted by Crippen LogP contribution is -2.40. The van der Waals surface area contributed by atoms with Gasteiger partial charge in [0.25, 0.3) is 0 Å². The van der Waals surface area contributed by atoms with Crippen molar-refractivity contribution in [3.63, 3.8) is 0 Å². The van der Waals surface area contributed by atoms with Crippen LogP contribution in [0.5, 0.6) is 0 Å². The maximum atomic E-state index is 12.2. The Morgan fingerprint density at radius 1 is 1.32 bits per heavy atom. The zero-order valence-corrected chi connectivity index (χ0v) is 15.9. The van der Waals surface area contributed by atoms with Crippen molar-refractivity contribution in [2.45, 2.75) is 46.7 Å². The van der Waals surface area contributed by atoms with Crippen LogP contribution in [-0.4, -0.2) is 64.6 Å². The quantitative estimate of drug-likeness (QED) is 0.832. The van der Waals surface area contributed by atoms with Crippen molar-refractivity contribution in [2.75, 3.05) is 33.2 Å². The van der Waals surface area contributed by atoms with Crippen LogP contribution in [0.15, 0.2) is 6.20 Å². The largest absolute Gasteiger partial charge is 0.359 e. The minimum Gasteiger partial charge on any atom is -0.359 e.